The van der Waals surface area contributed by atoms with Crippen LogP contribution in [0.1, 0.15) is 19.4 Å². The highest BCUT2D eigenvalue weighted by molar-refractivity contribution is 5.93. The Hall–Kier alpha value is -3.77. The Kier molecular flexibility index (Phi) is 9.51. The Bertz CT molecular complexity index is 1230. The Morgan fingerprint density at radius 1 is 0.939 bits per heavy atom. The highest BCUT2D eigenvalue weighted by Crippen LogP contribution is 2.26. The lowest BCUT2D eigenvalue weighted by Gasteiger charge is -2.15. The van der Waals surface area contributed by atoms with Gasteiger partial charge >= 0.3 is 0 Å². The van der Waals surface area contributed by atoms with Gasteiger partial charge in [0.25, 0.3) is 5.56 Å². The zero-order chi connectivity index (χ0) is 24.4. The molecule has 0 fully saturated rings. The number of carbonyl (C=O) groups excluding carboxylic acids is 1. The number of hydrogen-bond donors (Lipinski definition) is 2. The molecular weight excluding hydrogens is 414 g/mol. The van der Waals surface area contributed by atoms with Gasteiger partial charge in [-0.15, -0.1) is 0 Å². The van der Waals surface area contributed by atoms with Crippen LogP contribution in [0.2, 0.25) is 0 Å². The Labute approximate surface area is 194 Å². The van der Waals surface area contributed by atoms with E-state index in [-0.39, 0.29) is 5.56 Å². The van der Waals surface area contributed by atoms with Gasteiger partial charge < -0.3 is 15.2 Å². The number of benzene rings is 3. The van der Waals surface area contributed by atoms with Crippen LogP contribution in [0.3, 0.4) is 0 Å². The molecule has 4 rings (SSSR count). The van der Waals surface area contributed by atoms with Crippen LogP contribution in [0.25, 0.3) is 27.7 Å². The van der Waals surface area contributed by atoms with E-state index in [4.69, 9.17) is 15.0 Å². The van der Waals surface area contributed by atoms with Gasteiger partial charge in [-0.3, -0.25) is 4.79 Å². The predicted octanol–water partition coefficient (Wildman–Crippen LogP) is 4.85. The summed E-state index contributed by atoms with van der Waals surface area (Å²) in [5, 5.41) is 16.8. The molecule has 6 heteroatoms. The van der Waals surface area contributed by atoms with Crippen molar-refractivity contribution >= 4 is 23.2 Å². The quantitative estimate of drug-likeness (QED) is 0.459. The minimum atomic E-state index is -0.107. The van der Waals surface area contributed by atoms with Crippen LogP contribution in [-0.2, 0) is 4.79 Å². The number of nitrogens with one attached hydrogen (secondary N) is 1. The third-order valence-electron chi connectivity index (χ3n) is 5.00. The summed E-state index contributed by atoms with van der Waals surface area (Å²) in [6, 6.07) is 23.8. The highest BCUT2D eigenvalue weighted by atomic mass is 16.2. The van der Waals surface area contributed by atoms with Crippen molar-refractivity contribution in [2.45, 2.75) is 20.8 Å². The number of aryl methyl sites for hydroxylation is 1. The fraction of sp³-hybridized carbons (Fsp3) is 0.222. The number of aliphatic hydroxyl groups is 1. The van der Waals surface area contributed by atoms with Crippen LogP contribution < -0.4 is 10.9 Å². The van der Waals surface area contributed by atoms with Gasteiger partial charge in [0.05, 0.1) is 16.8 Å². The SMILES string of the molecule is C=O.CO.Cc1ccc(NCC(C)C)cc1-n1nc(-c2ccccc2)c2ccccc2c1=O. The molecule has 1 aromatic heterocycles. The molecule has 0 atom stereocenters. The standard InChI is InChI=1S/C25H25N3O.CH4O.CH2O/c1-17(2)16-26-20-14-13-18(3)23(15-20)28-25(29)22-12-8-7-11-21(22)24(27-28)19-9-5-4-6-10-19;2*1-2/h4-15,17,26H,16H2,1-3H3;2H,1H3;1H2. The molecule has 4 aromatic rings. The van der Waals surface area contributed by atoms with Crippen LogP contribution in [0.5, 0.6) is 0 Å². The summed E-state index contributed by atoms with van der Waals surface area (Å²) in [5.74, 6) is 0.533. The Morgan fingerprint density at radius 2 is 1.55 bits per heavy atom. The maximum Gasteiger partial charge on any atom is 0.279 e. The van der Waals surface area contributed by atoms with Crippen molar-refractivity contribution in [3.05, 3.63) is 88.7 Å². The number of fused-ring (bicyclic) bond motifs is 1. The zero-order valence-electron chi connectivity index (χ0n) is 19.6. The lowest BCUT2D eigenvalue weighted by atomic mass is 10.0. The summed E-state index contributed by atoms with van der Waals surface area (Å²) in [7, 11) is 1.00. The smallest absolute Gasteiger partial charge is 0.279 e. The van der Waals surface area contributed by atoms with Crippen LogP contribution in [0.4, 0.5) is 5.69 Å². The Morgan fingerprint density at radius 3 is 2.18 bits per heavy atom. The average Bonchev–Trinajstić information content (AvgIpc) is 2.87. The van der Waals surface area contributed by atoms with Crippen molar-refractivity contribution in [2.75, 3.05) is 19.0 Å². The van der Waals surface area contributed by atoms with Crippen molar-refractivity contribution in [3.8, 4) is 16.9 Å². The second-order valence-electron chi connectivity index (χ2n) is 7.75. The second kappa shape index (κ2) is 12.3. The first kappa shape index (κ1) is 25.5. The number of anilines is 1. The van der Waals surface area contributed by atoms with Crippen molar-refractivity contribution in [1.29, 1.82) is 0 Å². The van der Waals surface area contributed by atoms with Crippen molar-refractivity contribution in [2.24, 2.45) is 5.92 Å². The van der Waals surface area contributed by atoms with Crippen LogP contribution in [-0.4, -0.2) is 35.3 Å². The van der Waals surface area contributed by atoms with E-state index in [0.29, 0.717) is 11.3 Å². The summed E-state index contributed by atoms with van der Waals surface area (Å²) < 4.78 is 1.54. The summed E-state index contributed by atoms with van der Waals surface area (Å²) in [4.78, 5) is 21.3. The molecule has 33 heavy (non-hydrogen) atoms. The summed E-state index contributed by atoms with van der Waals surface area (Å²) in [5.41, 5.74) is 4.48. The number of aromatic nitrogens is 2. The molecule has 0 amide bonds. The maximum atomic E-state index is 13.3. The fourth-order valence-corrected chi connectivity index (χ4v) is 3.43. The lowest BCUT2D eigenvalue weighted by Crippen LogP contribution is -2.23. The topological polar surface area (TPSA) is 84.2 Å². The summed E-state index contributed by atoms with van der Waals surface area (Å²) in [6.07, 6.45) is 0. The minimum absolute atomic E-state index is 0.107. The molecule has 3 aromatic carbocycles. The van der Waals surface area contributed by atoms with E-state index in [2.05, 4.69) is 19.2 Å². The minimum Gasteiger partial charge on any atom is -0.400 e. The number of aliphatic hydroxyl groups excluding tert-OH is 1. The Balaban J connectivity index is 0.000000914. The molecule has 0 bridgehead atoms. The molecule has 2 N–H and O–H groups in total. The van der Waals surface area contributed by atoms with Crippen molar-refractivity contribution < 1.29 is 9.90 Å². The van der Waals surface area contributed by atoms with Crippen LogP contribution in [0.15, 0.2) is 77.6 Å². The molecule has 0 saturated heterocycles. The number of hydrogen-bond acceptors (Lipinski definition) is 5. The molecule has 0 aliphatic rings. The normalized spacial score (nSPS) is 10.1. The molecule has 1 heterocycles. The number of carbonyl (C=O) groups is 1. The molecular formula is C27H31N3O3. The van der Waals surface area contributed by atoms with E-state index < -0.39 is 0 Å². The van der Waals surface area contributed by atoms with Crippen LogP contribution >= 0.6 is 0 Å². The van der Waals surface area contributed by atoms with E-state index in [9.17, 15) is 4.79 Å². The molecule has 0 unspecified atom stereocenters. The first-order chi connectivity index (χ1) is 16.0. The summed E-state index contributed by atoms with van der Waals surface area (Å²) >= 11 is 0. The van der Waals surface area contributed by atoms with Gasteiger partial charge in [-0.1, -0.05) is 68.4 Å². The van der Waals surface area contributed by atoms with E-state index in [1.54, 1.807) is 4.68 Å². The fourth-order valence-electron chi connectivity index (χ4n) is 3.43. The molecule has 0 aliphatic heterocycles. The number of nitrogens with zero attached hydrogens (tertiary/aromatic N) is 2. The molecule has 0 spiro atoms. The molecule has 6 nitrogen and oxygen atoms in total. The zero-order valence-corrected chi connectivity index (χ0v) is 19.6. The number of rotatable bonds is 5. The van der Waals surface area contributed by atoms with Gasteiger partial charge in [0.1, 0.15) is 6.79 Å². The van der Waals surface area contributed by atoms with E-state index >= 15 is 0 Å². The monoisotopic (exact) mass is 445 g/mol. The third-order valence-corrected chi connectivity index (χ3v) is 5.00. The lowest BCUT2D eigenvalue weighted by molar-refractivity contribution is -0.0979. The average molecular weight is 446 g/mol. The van der Waals surface area contributed by atoms with Crippen LogP contribution in [0, 0.1) is 12.8 Å². The van der Waals surface area contributed by atoms with Gasteiger partial charge in [-0.05, 0) is 36.6 Å². The maximum absolute atomic E-state index is 13.3. The molecule has 0 saturated carbocycles. The van der Waals surface area contributed by atoms with Crippen molar-refractivity contribution in [1.82, 2.24) is 9.78 Å². The van der Waals surface area contributed by atoms with E-state index in [0.717, 1.165) is 47.2 Å². The van der Waals surface area contributed by atoms with Gasteiger partial charge in [0.15, 0.2) is 0 Å². The first-order valence-electron chi connectivity index (χ1n) is 10.7. The predicted molar refractivity (Wildman–Crippen MR) is 136 cm³/mol. The third kappa shape index (κ3) is 5.93. The highest BCUT2D eigenvalue weighted by Gasteiger charge is 2.14. The van der Waals surface area contributed by atoms with Gasteiger partial charge in [0, 0.05) is 30.3 Å². The molecule has 172 valence electrons. The second-order valence-corrected chi connectivity index (χ2v) is 7.75. The largest absolute Gasteiger partial charge is 0.400 e. The van der Waals surface area contributed by atoms with Gasteiger partial charge in [0.2, 0.25) is 0 Å². The van der Waals surface area contributed by atoms with Gasteiger partial charge in [-0.25, -0.2) is 0 Å². The first-order valence-corrected chi connectivity index (χ1v) is 10.7. The van der Waals surface area contributed by atoms with E-state index in [1.807, 2.05) is 86.5 Å². The molecule has 0 radical (unpaired) electrons. The van der Waals surface area contributed by atoms with E-state index in [1.165, 1.54) is 0 Å². The summed E-state index contributed by atoms with van der Waals surface area (Å²) in [6.45, 7) is 9.22. The van der Waals surface area contributed by atoms with Crippen molar-refractivity contribution in [3.63, 3.8) is 0 Å². The molecule has 0 aliphatic carbocycles. The van der Waals surface area contributed by atoms with Gasteiger partial charge in [-0.2, -0.15) is 9.78 Å².